The Labute approximate surface area is 111 Å². The van der Waals surface area contributed by atoms with Gasteiger partial charge in [0.1, 0.15) is 10.7 Å². The fourth-order valence-corrected chi connectivity index (χ4v) is 2.47. The third-order valence-electron chi connectivity index (χ3n) is 2.51. The summed E-state index contributed by atoms with van der Waals surface area (Å²) in [5, 5.41) is 3.98. The smallest absolute Gasteiger partial charge is 0.265 e. The van der Waals surface area contributed by atoms with Gasteiger partial charge in [-0.25, -0.2) is 12.8 Å². The molecule has 2 aromatic rings. The number of sulfonamides is 1. The molecule has 7 heteroatoms. The van der Waals surface area contributed by atoms with Crippen molar-refractivity contribution in [2.24, 2.45) is 0 Å². The van der Waals surface area contributed by atoms with E-state index >= 15 is 0 Å². The average Bonchev–Trinajstić information content (AvgIpc) is 2.82. The summed E-state index contributed by atoms with van der Waals surface area (Å²) in [4.78, 5) is 0.0746. The van der Waals surface area contributed by atoms with Gasteiger partial charge in [-0.1, -0.05) is 0 Å². The molecule has 5 nitrogen and oxygen atoms in total. The summed E-state index contributed by atoms with van der Waals surface area (Å²) in [6.45, 7) is 3.80. The number of aromatic nitrogens is 2. The second kappa shape index (κ2) is 5.00. The molecule has 0 saturated carbocycles. The van der Waals surface area contributed by atoms with Crippen LogP contribution < -0.4 is 4.72 Å². The molecular weight excluding hydrogens is 269 g/mol. The summed E-state index contributed by atoms with van der Waals surface area (Å²) in [5.74, 6) is -0.421. The molecule has 102 valence electrons. The lowest BCUT2D eigenvalue weighted by molar-refractivity contribution is 0.531. The molecule has 0 atom stereocenters. The van der Waals surface area contributed by atoms with Crippen molar-refractivity contribution in [2.75, 3.05) is 4.72 Å². The molecule has 0 fully saturated rings. The molecule has 1 heterocycles. The first-order valence-electron chi connectivity index (χ1n) is 5.71. The highest BCUT2D eigenvalue weighted by Crippen LogP contribution is 2.16. The van der Waals surface area contributed by atoms with Gasteiger partial charge >= 0.3 is 0 Å². The van der Waals surface area contributed by atoms with Crippen LogP contribution in [0.4, 0.5) is 10.1 Å². The molecule has 2 rings (SSSR count). The number of hydrogen-bond acceptors (Lipinski definition) is 3. The molecule has 0 aliphatic carbocycles. The van der Waals surface area contributed by atoms with E-state index in [-0.39, 0.29) is 10.9 Å². The summed E-state index contributed by atoms with van der Waals surface area (Å²) >= 11 is 0. The summed E-state index contributed by atoms with van der Waals surface area (Å²) in [6, 6.07) is 5.18. The molecule has 0 aliphatic rings. The van der Waals surface area contributed by atoms with Crippen LogP contribution in [0.1, 0.15) is 19.9 Å². The third kappa shape index (κ3) is 3.11. The molecule has 0 amide bonds. The predicted molar refractivity (Wildman–Crippen MR) is 69.8 cm³/mol. The van der Waals surface area contributed by atoms with Crippen LogP contribution in [0.5, 0.6) is 0 Å². The Morgan fingerprint density at radius 2 is 1.89 bits per heavy atom. The molecule has 0 aliphatic heterocycles. The molecule has 1 aromatic heterocycles. The number of halogens is 1. The van der Waals surface area contributed by atoms with E-state index < -0.39 is 15.8 Å². The van der Waals surface area contributed by atoms with Crippen molar-refractivity contribution < 1.29 is 12.8 Å². The molecule has 1 N–H and O–H groups in total. The predicted octanol–water partition coefficient (Wildman–Crippen LogP) is 2.40. The molecule has 1 aromatic carbocycles. The Balaban J connectivity index is 2.24. The Morgan fingerprint density at radius 3 is 2.42 bits per heavy atom. The highest BCUT2D eigenvalue weighted by atomic mass is 32.2. The number of anilines is 1. The first-order valence-corrected chi connectivity index (χ1v) is 7.19. The Bertz CT molecular complexity index is 663. The molecule has 0 saturated heterocycles. The molecular formula is C12H14FN3O2S. The van der Waals surface area contributed by atoms with Gasteiger partial charge in [0.05, 0.1) is 6.20 Å². The van der Waals surface area contributed by atoms with E-state index in [0.29, 0.717) is 5.69 Å². The van der Waals surface area contributed by atoms with Gasteiger partial charge in [-0.3, -0.25) is 9.40 Å². The zero-order valence-corrected chi connectivity index (χ0v) is 11.4. The summed E-state index contributed by atoms with van der Waals surface area (Å²) in [5.41, 5.74) is 0.304. The highest BCUT2D eigenvalue weighted by molar-refractivity contribution is 7.92. The molecule has 0 spiro atoms. The number of nitrogens with zero attached hydrogens (tertiary/aromatic N) is 2. The summed E-state index contributed by atoms with van der Waals surface area (Å²) in [7, 11) is -3.69. The normalized spacial score (nSPS) is 11.8. The number of nitrogens with one attached hydrogen (secondary N) is 1. The highest BCUT2D eigenvalue weighted by Gasteiger charge is 2.17. The van der Waals surface area contributed by atoms with Crippen molar-refractivity contribution in [3.63, 3.8) is 0 Å². The van der Waals surface area contributed by atoms with Crippen LogP contribution in [-0.2, 0) is 10.0 Å². The minimum absolute atomic E-state index is 0.0746. The zero-order valence-electron chi connectivity index (χ0n) is 10.5. The van der Waals surface area contributed by atoms with E-state index in [1.54, 1.807) is 4.68 Å². The lowest BCUT2D eigenvalue weighted by Crippen LogP contribution is -2.12. The van der Waals surface area contributed by atoms with Crippen molar-refractivity contribution in [3.8, 4) is 0 Å². The molecule has 0 bridgehead atoms. The topological polar surface area (TPSA) is 64.0 Å². The Morgan fingerprint density at radius 1 is 1.26 bits per heavy atom. The van der Waals surface area contributed by atoms with Gasteiger partial charge in [0.25, 0.3) is 10.0 Å². The second-order valence-corrected chi connectivity index (χ2v) is 6.04. The van der Waals surface area contributed by atoms with E-state index in [1.807, 2.05) is 13.8 Å². The van der Waals surface area contributed by atoms with Crippen molar-refractivity contribution >= 4 is 15.7 Å². The Kier molecular flexibility index (Phi) is 3.57. The molecule has 19 heavy (non-hydrogen) atoms. The van der Waals surface area contributed by atoms with Crippen LogP contribution >= 0.6 is 0 Å². The van der Waals surface area contributed by atoms with Crippen LogP contribution in [0.2, 0.25) is 0 Å². The number of rotatable bonds is 4. The monoisotopic (exact) mass is 283 g/mol. The third-order valence-corrected chi connectivity index (χ3v) is 3.85. The quantitative estimate of drug-likeness (QED) is 0.937. The second-order valence-electron chi connectivity index (χ2n) is 4.36. The maximum Gasteiger partial charge on any atom is 0.265 e. The van der Waals surface area contributed by atoms with E-state index in [2.05, 4.69) is 9.82 Å². The maximum absolute atomic E-state index is 12.7. The van der Waals surface area contributed by atoms with E-state index in [9.17, 15) is 12.8 Å². The lowest BCUT2D eigenvalue weighted by Gasteiger charge is -2.06. The van der Waals surface area contributed by atoms with E-state index in [4.69, 9.17) is 0 Å². The van der Waals surface area contributed by atoms with Crippen molar-refractivity contribution in [3.05, 3.63) is 42.5 Å². The fourth-order valence-electron chi connectivity index (χ4n) is 1.47. The number of benzene rings is 1. The van der Waals surface area contributed by atoms with Crippen LogP contribution in [0, 0.1) is 5.82 Å². The van der Waals surface area contributed by atoms with Gasteiger partial charge in [0, 0.05) is 17.9 Å². The van der Waals surface area contributed by atoms with Crippen molar-refractivity contribution in [1.29, 1.82) is 0 Å². The van der Waals surface area contributed by atoms with Gasteiger partial charge in [-0.2, -0.15) is 5.10 Å². The lowest BCUT2D eigenvalue weighted by atomic mass is 10.3. The fraction of sp³-hybridized carbons (Fsp3) is 0.250. The van der Waals surface area contributed by atoms with E-state index in [1.165, 1.54) is 36.7 Å². The SMILES string of the molecule is CC(C)n1cc(S(=O)(=O)Nc2ccc(F)cc2)cn1. The van der Waals surface area contributed by atoms with Crippen LogP contribution in [0.15, 0.2) is 41.6 Å². The minimum Gasteiger partial charge on any atom is -0.280 e. The molecule has 0 radical (unpaired) electrons. The van der Waals surface area contributed by atoms with Crippen molar-refractivity contribution in [1.82, 2.24) is 9.78 Å². The van der Waals surface area contributed by atoms with Crippen LogP contribution in [0.25, 0.3) is 0 Å². The Hall–Kier alpha value is -1.89. The molecule has 0 unspecified atom stereocenters. The first kappa shape index (κ1) is 13.5. The van der Waals surface area contributed by atoms with Gasteiger partial charge in [0.2, 0.25) is 0 Å². The van der Waals surface area contributed by atoms with Gasteiger partial charge in [-0.05, 0) is 38.1 Å². The largest absolute Gasteiger partial charge is 0.280 e. The minimum atomic E-state index is -3.69. The summed E-state index contributed by atoms with van der Waals surface area (Å²) in [6.07, 6.45) is 2.74. The number of hydrogen-bond donors (Lipinski definition) is 1. The average molecular weight is 283 g/mol. The van der Waals surface area contributed by atoms with Crippen molar-refractivity contribution in [2.45, 2.75) is 24.8 Å². The first-order chi connectivity index (χ1) is 8.88. The van der Waals surface area contributed by atoms with Crippen LogP contribution in [0.3, 0.4) is 0 Å². The zero-order chi connectivity index (χ0) is 14.0. The van der Waals surface area contributed by atoms with Crippen LogP contribution in [-0.4, -0.2) is 18.2 Å². The standard InChI is InChI=1S/C12H14FN3O2S/c1-9(2)16-8-12(7-14-16)19(17,18)15-11-5-3-10(13)4-6-11/h3-9,15H,1-2H3. The maximum atomic E-state index is 12.7. The van der Waals surface area contributed by atoms with Gasteiger partial charge in [-0.15, -0.1) is 0 Å². The van der Waals surface area contributed by atoms with E-state index in [0.717, 1.165) is 0 Å². The van der Waals surface area contributed by atoms with Gasteiger partial charge < -0.3 is 0 Å². The summed E-state index contributed by atoms with van der Waals surface area (Å²) < 4.78 is 40.8. The van der Waals surface area contributed by atoms with Gasteiger partial charge in [0.15, 0.2) is 0 Å².